The molecular weight excluding hydrogens is 166 g/mol. The van der Waals surface area contributed by atoms with Crippen LogP contribution >= 0.6 is 0 Å². The Balaban J connectivity index is 1.86. The lowest BCUT2D eigenvalue weighted by molar-refractivity contribution is -0.132. The van der Waals surface area contributed by atoms with Crippen LogP contribution in [0.2, 0.25) is 0 Å². The molecule has 74 valence electrons. The zero-order valence-corrected chi connectivity index (χ0v) is 7.96. The van der Waals surface area contributed by atoms with Crippen molar-refractivity contribution in [3.63, 3.8) is 0 Å². The highest BCUT2D eigenvalue weighted by atomic mass is 16.3. The lowest BCUT2D eigenvalue weighted by atomic mass is 9.82. The molecule has 0 unspecified atom stereocenters. The summed E-state index contributed by atoms with van der Waals surface area (Å²) in [5.74, 6) is 0.143. The van der Waals surface area contributed by atoms with Crippen LogP contribution in [0.15, 0.2) is 0 Å². The molecule has 2 aliphatic rings. The fourth-order valence-electron chi connectivity index (χ4n) is 2.08. The van der Waals surface area contributed by atoms with Gasteiger partial charge in [0, 0.05) is 13.1 Å². The van der Waals surface area contributed by atoms with Crippen LogP contribution in [0, 0.1) is 0 Å². The van der Waals surface area contributed by atoms with Gasteiger partial charge in [0.25, 0.3) is 0 Å². The number of amides is 1. The topological polar surface area (TPSA) is 40.3 Å². The monoisotopic (exact) mass is 183 g/mol. The van der Waals surface area contributed by atoms with Gasteiger partial charge in [-0.1, -0.05) is 19.3 Å². The minimum absolute atomic E-state index is 0.143. The number of aliphatic hydroxyl groups is 1. The smallest absolute Gasteiger partial charge is 0.225 e. The molecule has 1 amide bonds. The van der Waals surface area contributed by atoms with Gasteiger partial charge in [-0.3, -0.25) is 4.79 Å². The first-order valence-electron chi connectivity index (χ1n) is 5.20. The molecule has 0 aromatic rings. The maximum atomic E-state index is 11.4. The van der Waals surface area contributed by atoms with Gasteiger partial charge in [-0.15, -0.1) is 0 Å². The second-order valence-corrected chi connectivity index (χ2v) is 4.34. The van der Waals surface area contributed by atoms with E-state index in [2.05, 4.69) is 0 Å². The summed E-state index contributed by atoms with van der Waals surface area (Å²) in [4.78, 5) is 13.2. The number of hydrogen-bond acceptors (Lipinski definition) is 2. The summed E-state index contributed by atoms with van der Waals surface area (Å²) in [6.07, 6.45) is 5.33. The van der Waals surface area contributed by atoms with Gasteiger partial charge in [0.05, 0.1) is 12.0 Å². The number of rotatable bonds is 2. The first-order valence-corrected chi connectivity index (χ1v) is 5.20. The van der Waals surface area contributed by atoms with Crippen LogP contribution < -0.4 is 0 Å². The van der Waals surface area contributed by atoms with E-state index in [0.717, 1.165) is 38.8 Å². The van der Waals surface area contributed by atoms with E-state index in [1.54, 1.807) is 4.90 Å². The zero-order valence-electron chi connectivity index (χ0n) is 7.96. The molecule has 2 rings (SSSR count). The quantitative estimate of drug-likeness (QED) is 0.646. The maximum absolute atomic E-state index is 11.4. The van der Waals surface area contributed by atoms with E-state index in [1.165, 1.54) is 6.42 Å². The molecule has 0 spiro atoms. The summed E-state index contributed by atoms with van der Waals surface area (Å²) in [6.45, 7) is 1.80. The highest BCUT2D eigenvalue weighted by Gasteiger charge is 2.35. The third-order valence-corrected chi connectivity index (χ3v) is 3.06. The van der Waals surface area contributed by atoms with E-state index < -0.39 is 5.60 Å². The number of nitrogens with zero attached hydrogens (tertiary/aromatic N) is 1. The molecule has 1 heterocycles. The largest absolute Gasteiger partial charge is 0.389 e. The molecule has 2 fully saturated rings. The van der Waals surface area contributed by atoms with Gasteiger partial charge in [-0.05, 0) is 12.8 Å². The molecule has 0 bridgehead atoms. The van der Waals surface area contributed by atoms with E-state index in [-0.39, 0.29) is 5.91 Å². The van der Waals surface area contributed by atoms with Crippen molar-refractivity contribution in [1.29, 1.82) is 0 Å². The van der Waals surface area contributed by atoms with Gasteiger partial charge in [0.1, 0.15) is 0 Å². The fraction of sp³-hybridized carbons (Fsp3) is 0.900. The Morgan fingerprint density at radius 1 is 1.23 bits per heavy atom. The van der Waals surface area contributed by atoms with Crippen LogP contribution in [-0.2, 0) is 4.79 Å². The molecule has 1 saturated carbocycles. The van der Waals surface area contributed by atoms with E-state index in [1.807, 2.05) is 0 Å². The molecular formula is C10H17NO2. The lowest BCUT2D eigenvalue weighted by Gasteiger charge is -2.31. The molecule has 3 heteroatoms. The van der Waals surface area contributed by atoms with Gasteiger partial charge >= 0.3 is 0 Å². The Labute approximate surface area is 78.7 Å². The van der Waals surface area contributed by atoms with Crippen LogP contribution in [0.3, 0.4) is 0 Å². The normalized spacial score (nSPS) is 25.8. The van der Waals surface area contributed by atoms with Crippen molar-refractivity contribution in [2.45, 2.75) is 44.1 Å². The molecule has 1 aliphatic heterocycles. The zero-order chi connectivity index (χ0) is 9.31. The molecule has 13 heavy (non-hydrogen) atoms. The Bertz CT molecular complexity index is 205. The van der Waals surface area contributed by atoms with Gasteiger partial charge < -0.3 is 10.0 Å². The SMILES string of the molecule is O=C(CC1(O)CCCCC1)N1CC1. The Morgan fingerprint density at radius 3 is 2.38 bits per heavy atom. The number of hydrogen-bond donors (Lipinski definition) is 1. The van der Waals surface area contributed by atoms with Crippen molar-refractivity contribution in [3.8, 4) is 0 Å². The summed E-state index contributed by atoms with van der Waals surface area (Å²) in [6, 6.07) is 0. The molecule has 0 aromatic heterocycles. The van der Waals surface area contributed by atoms with Gasteiger partial charge in [0.2, 0.25) is 5.91 Å². The minimum Gasteiger partial charge on any atom is -0.389 e. The van der Waals surface area contributed by atoms with Crippen molar-refractivity contribution in [3.05, 3.63) is 0 Å². The van der Waals surface area contributed by atoms with E-state index in [0.29, 0.717) is 6.42 Å². The Kier molecular flexibility index (Phi) is 2.28. The van der Waals surface area contributed by atoms with Gasteiger partial charge in [-0.2, -0.15) is 0 Å². The van der Waals surface area contributed by atoms with Crippen LogP contribution in [-0.4, -0.2) is 34.6 Å². The Morgan fingerprint density at radius 2 is 1.85 bits per heavy atom. The predicted octanol–water partition coefficient (Wildman–Crippen LogP) is 0.914. The lowest BCUT2D eigenvalue weighted by Crippen LogP contribution is -2.35. The highest BCUT2D eigenvalue weighted by molar-refractivity contribution is 5.79. The summed E-state index contributed by atoms with van der Waals surface area (Å²) < 4.78 is 0. The first kappa shape index (κ1) is 9.00. The summed E-state index contributed by atoms with van der Waals surface area (Å²) in [7, 11) is 0. The van der Waals surface area contributed by atoms with E-state index in [4.69, 9.17) is 0 Å². The minimum atomic E-state index is -0.669. The Hall–Kier alpha value is -0.570. The predicted molar refractivity (Wildman–Crippen MR) is 49.2 cm³/mol. The van der Waals surface area contributed by atoms with Crippen LogP contribution in [0.4, 0.5) is 0 Å². The number of carbonyl (C=O) groups excluding carboxylic acids is 1. The van der Waals surface area contributed by atoms with E-state index in [9.17, 15) is 9.90 Å². The second-order valence-electron chi connectivity index (χ2n) is 4.34. The van der Waals surface area contributed by atoms with Crippen LogP contribution in [0.5, 0.6) is 0 Å². The average Bonchev–Trinajstić information content (AvgIpc) is 2.86. The fourth-order valence-corrected chi connectivity index (χ4v) is 2.08. The summed E-state index contributed by atoms with van der Waals surface area (Å²) in [5, 5.41) is 10.1. The molecule has 1 N–H and O–H groups in total. The van der Waals surface area contributed by atoms with Crippen molar-refractivity contribution in [2.24, 2.45) is 0 Å². The van der Waals surface area contributed by atoms with E-state index >= 15 is 0 Å². The van der Waals surface area contributed by atoms with Gasteiger partial charge in [0.15, 0.2) is 0 Å². The second kappa shape index (κ2) is 3.29. The average molecular weight is 183 g/mol. The van der Waals surface area contributed by atoms with Crippen molar-refractivity contribution in [1.82, 2.24) is 4.90 Å². The first-order chi connectivity index (χ1) is 6.20. The van der Waals surface area contributed by atoms with Crippen molar-refractivity contribution >= 4 is 5.91 Å². The maximum Gasteiger partial charge on any atom is 0.225 e. The molecule has 0 aromatic carbocycles. The molecule has 1 aliphatic carbocycles. The van der Waals surface area contributed by atoms with Crippen LogP contribution in [0.25, 0.3) is 0 Å². The third kappa shape index (κ3) is 2.21. The van der Waals surface area contributed by atoms with Crippen molar-refractivity contribution in [2.75, 3.05) is 13.1 Å². The summed E-state index contributed by atoms with van der Waals surface area (Å²) >= 11 is 0. The van der Waals surface area contributed by atoms with Gasteiger partial charge in [-0.25, -0.2) is 0 Å². The molecule has 0 radical (unpaired) electrons. The highest BCUT2D eigenvalue weighted by Crippen LogP contribution is 2.31. The third-order valence-electron chi connectivity index (χ3n) is 3.06. The molecule has 1 saturated heterocycles. The number of carbonyl (C=O) groups is 1. The molecule has 0 atom stereocenters. The standard InChI is InChI=1S/C10H17NO2/c12-9(11-6-7-11)8-10(13)4-2-1-3-5-10/h13H,1-8H2. The summed E-state index contributed by atoms with van der Waals surface area (Å²) in [5.41, 5.74) is -0.669. The van der Waals surface area contributed by atoms with Crippen LogP contribution in [0.1, 0.15) is 38.5 Å². The molecule has 3 nitrogen and oxygen atoms in total. The van der Waals surface area contributed by atoms with Crippen molar-refractivity contribution < 1.29 is 9.90 Å².